The Morgan fingerprint density at radius 3 is 2.39 bits per heavy atom. The molecule has 5 nitrogen and oxygen atoms in total. The molecule has 1 N–H and O–H groups in total. The first-order chi connectivity index (χ1) is 18.4. The molecular formula is C31H31Cl2N3O2. The van der Waals surface area contributed by atoms with Crippen molar-refractivity contribution in [3.05, 3.63) is 99.0 Å². The molecule has 3 aromatic rings. The van der Waals surface area contributed by atoms with Crippen molar-refractivity contribution < 1.29 is 9.59 Å². The monoisotopic (exact) mass is 547 g/mol. The average Bonchev–Trinajstić information content (AvgIpc) is 3.53. The number of aryl methyl sites for hydroxylation is 1. The number of fused-ring (bicyclic) bond motifs is 1. The number of amides is 2. The van der Waals surface area contributed by atoms with Crippen LogP contribution in [0.15, 0.2) is 66.7 Å². The Morgan fingerprint density at radius 1 is 0.895 bits per heavy atom. The van der Waals surface area contributed by atoms with Gasteiger partial charge in [-0.1, -0.05) is 41.4 Å². The van der Waals surface area contributed by atoms with Gasteiger partial charge in [0, 0.05) is 42.5 Å². The number of anilines is 1. The summed E-state index contributed by atoms with van der Waals surface area (Å²) in [6.45, 7) is 3.60. The zero-order valence-electron chi connectivity index (χ0n) is 21.3. The van der Waals surface area contributed by atoms with E-state index in [2.05, 4.69) is 28.4 Å². The van der Waals surface area contributed by atoms with Crippen LogP contribution in [0.4, 0.5) is 5.69 Å². The molecule has 2 heterocycles. The van der Waals surface area contributed by atoms with E-state index in [0.717, 1.165) is 68.9 Å². The number of hydrogen-bond acceptors (Lipinski definition) is 3. The second-order valence-corrected chi connectivity index (χ2v) is 11.7. The molecule has 2 aliphatic heterocycles. The van der Waals surface area contributed by atoms with Gasteiger partial charge in [-0.3, -0.25) is 9.59 Å². The summed E-state index contributed by atoms with van der Waals surface area (Å²) in [5.74, 6) is -0.0931. The van der Waals surface area contributed by atoms with E-state index in [1.807, 2.05) is 41.3 Å². The third kappa shape index (κ3) is 4.90. The van der Waals surface area contributed by atoms with Gasteiger partial charge in [-0.05, 0) is 97.2 Å². The molecule has 2 amide bonds. The molecule has 6 rings (SSSR count). The standard InChI is InChI=1S/C31H31Cl2N3O2/c32-23-8-10-24(11-9-23)35-16-13-31(14-17-35)15-18-36(20-31)30(38)22-6-5-21-7-12-28(26(21)19-22)34-29(37)25-3-1-2-4-27(25)33/h1-6,8-11,19,28H,7,12-18,20H2,(H,34,37). The first-order valence-corrected chi connectivity index (χ1v) is 14.1. The molecule has 0 saturated carbocycles. The Kier molecular flexibility index (Phi) is 6.83. The van der Waals surface area contributed by atoms with E-state index in [9.17, 15) is 9.59 Å². The van der Waals surface area contributed by atoms with Crippen molar-refractivity contribution in [3.63, 3.8) is 0 Å². The van der Waals surface area contributed by atoms with Crippen LogP contribution in [0.2, 0.25) is 10.0 Å². The molecular weight excluding hydrogens is 517 g/mol. The lowest BCUT2D eigenvalue weighted by Crippen LogP contribution is -2.42. The molecule has 3 aromatic carbocycles. The fraction of sp³-hybridized carbons (Fsp3) is 0.355. The molecule has 38 heavy (non-hydrogen) atoms. The van der Waals surface area contributed by atoms with E-state index in [4.69, 9.17) is 23.2 Å². The molecule has 1 unspecified atom stereocenters. The van der Waals surface area contributed by atoms with Gasteiger partial charge in [-0.15, -0.1) is 0 Å². The van der Waals surface area contributed by atoms with Crippen LogP contribution in [0.1, 0.15) is 63.6 Å². The third-order valence-corrected chi connectivity index (χ3v) is 9.22. The summed E-state index contributed by atoms with van der Waals surface area (Å²) in [5.41, 5.74) is 4.82. The van der Waals surface area contributed by atoms with Crippen LogP contribution in [0.3, 0.4) is 0 Å². The molecule has 7 heteroatoms. The van der Waals surface area contributed by atoms with Crippen LogP contribution in [-0.2, 0) is 6.42 Å². The summed E-state index contributed by atoms with van der Waals surface area (Å²) < 4.78 is 0. The average molecular weight is 549 g/mol. The molecule has 0 aromatic heterocycles. The van der Waals surface area contributed by atoms with Crippen molar-refractivity contribution in [1.29, 1.82) is 0 Å². The zero-order chi connectivity index (χ0) is 26.3. The highest BCUT2D eigenvalue weighted by Gasteiger charge is 2.42. The van der Waals surface area contributed by atoms with E-state index in [0.29, 0.717) is 16.1 Å². The Balaban J connectivity index is 1.11. The quantitative estimate of drug-likeness (QED) is 0.403. The highest BCUT2D eigenvalue weighted by molar-refractivity contribution is 6.33. The topological polar surface area (TPSA) is 52.7 Å². The van der Waals surface area contributed by atoms with E-state index >= 15 is 0 Å². The SMILES string of the molecule is O=C(NC1CCc2ccc(C(=O)N3CCC4(CCN(c5ccc(Cl)cc5)CC4)C3)cc21)c1ccccc1Cl. The number of hydrogen-bond donors (Lipinski definition) is 1. The lowest BCUT2D eigenvalue weighted by molar-refractivity contribution is 0.0764. The van der Waals surface area contributed by atoms with Crippen molar-refractivity contribution in [3.8, 4) is 0 Å². The molecule has 196 valence electrons. The van der Waals surface area contributed by atoms with Crippen molar-refractivity contribution >= 4 is 40.7 Å². The van der Waals surface area contributed by atoms with Crippen molar-refractivity contribution in [2.45, 2.75) is 38.1 Å². The van der Waals surface area contributed by atoms with Gasteiger partial charge >= 0.3 is 0 Å². The first kappa shape index (κ1) is 25.3. The largest absolute Gasteiger partial charge is 0.371 e. The molecule has 0 radical (unpaired) electrons. The molecule has 0 bridgehead atoms. The van der Waals surface area contributed by atoms with Crippen LogP contribution in [0.25, 0.3) is 0 Å². The minimum Gasteiger partial charge on any atom is -0.371 e. The predicted molar refractivity (Wildman–Crippen MR) is 152 cm³/mol. The molecule has 2 fully saturated rings. The van der Waals surface area contributed by atoms with Crippen LogP contribution in [0, 0.1) is 5.41 Å². The third-order valence-electron chi connectivity index (χ3n) is 8.64. The Labute approximate surface area is 233 Å². The number of rotatable bonds is 4. The van der Waals surface area contributed by atoms with Gasteiger partial charge in [0.05, 0.1) is 16.6 Å². The summed E-state index contributed by atoms with van der Waals surface area (Å²) in [6, 6.07) is 21.0. The van der Waals surface area contributed by atoms with E-state index in [-0.39, 0.29) is 23.3 Å². The van der Waals surface area contributed by atoms with E-state index in [1.165, 1.54) is 11.3 Å². The van der Waals surface area contributed by atoms with E-state index < -0.39 is 0 Å². The zero-order valence-corrected chi connectivity index (χ0v) is 22.8. The summed E-state index contributed by atoms with van der Waals surface area (Å²) >= 11 is 12.3. The minimum atomic E-state index is -0.184. The maximum Gasteiger partial charge on any atom is 0.253 e. The molecule has 1 aliphatic carbocycles. The van der Waals surface area contributed by atoms with Gasteiger partial charge in [-0.25, -0.2) is 0 Å². The maximum absolute atomic E-state index is 13.6. The van der Waals surface area contributed by atoms with Crippen LogP contribution in [-0.4, -0.2) is 42.9 Å². The summed E-state index contributed by atoms with van der Waals surface area (Å²) in [6.07, 6.45) is 4.92. The number of carbonyl (C=O) groups excluding carboxylic acids is 2. The highest BCUT2D eigenvalue weighted by Crippen LogP contribution is 2.42. The van der Waals surface area contributed by atoms with E-state index in [1.54, 1.807) is 12.1 Å². The molecule has 2 saturated heterocycles. The maximum atomic E-state index is 13.6. The predicted octanol–water partition coefficient (Wildman–Crippen LogP) is 6.54. The highest BCUT2D eigenvalue weighted by atomic mass is 35.5. The second-order valence-electron chi connectivity index (χ2n) is 10.9. The first-order valence-electron chi connectivity index (χ1n) is 13.4. The van der Waals surface area contributed by atoms with Gasteiger partial charge in [0.2, 0.25) is 0 Å². The normalized spacial score (nSPS) is 20.0. The van der Waals surface area contributed by atoms with Crippen LogP contribution >= 0.6 is 23.2 Å². The Hall–Kier alpha value is -3.02. The van der Waals surface area contributed by atoms with Crippen molar-refractivity contribution in [2.24, 2.45) is 5.41 Å². The van der Waals surface area contributed by atoms with Gasteiger partial charge in [0.25, 0.3) is 11.8 Å². The van der Waals surface area contributed by atoms with Gasteiger partial charge in [-0.2, -0.15) is 0 Å². The number of nitrogens with zero attached hydrogens (tertiary/aromatic N) is 2. The summed E-state index contributed by atoms with van der Waals surface area (Å²) in [7, 11) is 0. The minimum absolute atomic E-state index is 0.0906. The molecule has 3 aliphatic rings. The van der Waals surface area contributed by atoms with Crippen molar-refractivity contribution in [2.75, 3.05) is 31.1 Å². The number of nitrogens with one attached hydrogen (secondary N) is 1. The Bertz CT molecular complexity index is 1370. The van der Waals surface area contributed by atoms with Gasteiger partial charge < -0.3 is 15.1 Å². The second kappa shape index (κ2) is 10.3. The van der Waals surface area contributed by atoms with Gasteiger partial charge in [0.1, 0.15) is 0 Å². The van der Waals surface area contributed by atoms with Crippen LogP contribution in [0.5, 0.6) is 0 Å². The molecule has 1 atom stereocenters. The Morgan fingerprint density at radius 2 is 1.63 bits per heavy atom. The van der Waals surface area contributed by atoms with Crippen LogP contribution < -0.4 is 10.2 Å². The number of piperidine rings is 1. The lowest BCUT2D eigenvalue weighted by Gasteiger charge is -2.40. The fourth-order valence-corrected chi connectivity index (χ4v) is 6.70. The fourth-order valence-electron chi connectivity index (χ4n) is 6.36. The van der Waals surface area contributed by atoms with Crippen molar-refractivity contribution in [1.82, 2.24) is 10.2 Å². The summed E-state index contributed by atoms with van der Waals surface area (Å²) in [4.78, 5) is 30.9. The number of halogens is 2. The number of likely N-dealkylation sites (tertiary alicyclic amines) is 1. The smallest absolute Gasteiger partial charge is 0.253 e. The lowest BCUT2D eigenvalue weighted by atomic mass is 9.77. The summed E-state index contributed by atoms with van der Waals surface area (Å²) in [5, 5.41) is 4.33. The van der Waals surface area contributed by atoms with Gasteiger partial charge in [0.15, 0.2) is 0 Å². The number of carbonyl (C=O) groups is 2. The number of benzene rings is 3. The molecule has 1 spiro atoms.